The predicted octanol–water partition coefficient (Wildman–Crippen LogP) is 3.98. The van der Waals surface area contributed by atoms with Gasteiger partial charge in [0.2, 0.25) is 0 Å². The molecule has 0 spiro atoms. The lowest BCUT2D eigenvalue weighted by molar-refractivity contribution is 0.185. The maximum atomic E-state index is 12.3. The first-order valence-corrected chi connectivity index (χ1v) is 9.22. The van der Waals surface area contributed by atoms with Crippen LogP contribution in [0.3, 0.4) is 0 Å². The summed E-state index contributed by atoms with van der Waals surface area (Å²) in [5.74, 6) is 0.801. The number of hydrogen-bond donors (Lipinski definition) is 0. The molecule has 130 valence electrons. The average molecular weight is 348 g/mol. The second kappa shape index (κ2) is 7.36. The maximum absolute atomic E-state index is 12.3. The molecule has 0 saturated heterocycles. The van der Waals surface area contributed by atoms with E-state index in [9.17, 15) is 8.42 Å². The zero-order valence-electron chi connectivity index (χ0n) is 14.6. The number of hydrogen-bond acceptors (Lipinski definition) is 4. The van der Waals surface area contributed by atoms with Crippen LogP contribution in [0.15, 0.2) is 53.4 Å². The van der Waals surface area contributed by atoms with Gasteiger partial charge in [-0.25, -0.2) is 0 Å². The number of methoxy groups -OCH3 is 1. The van der Waals surface area contributed by atoms with Crippen LogP contribution in [-0.2, 0) is 20.7 Å². The Morgan fingerprint density at radius 2 is 1.54 bits per heavy atom. The summed E-state index contributed by atoms with van der Waals surface area (Å²) < 4.78 is 35.0. The first-order chi connectivity index (χ1) is 11.2. The molecule has 0 radical (unpaired) electrons. The van der Waals surface area contributed by atoms with Crippen molar-refractivity contribution in [1.29, 1.82) is 0 Å². The van der Waals surface area contributed by atoms with Crippen molar-refractivity contribution in [3.8, 4) is 5.75 Å². The van der Waals surface area contributed by atoms with Gasteiger partial charge in [0.1, 0.15) is 5.75 Å². The number of aryl methyl sites for hydroxylation is 1. The SMILES string of the molecule is COc1ccc(CC(C)(C)COS(=O)(=O)c2ccc(C)cc2)cc1. The minimum absolute atomic E-state index is 0.120. The summed E-state index contributed by atoms with van der Waals surface area (Å²) in [6.45, 7) is 6.01. The van der Waals surface area contributed by atoms with E-state index in [1.165, 1.54) is 0 Å². The van der Waals surface area contributed by atoms with Crippen LogP contribution in [0.5, 0.6) is 5.75 Å². The quantitative estimate of drug-likeness (QED) is 0.710. The largest absolute Gasteiger partial charge is 0.497 e. The first-order valence-electron chi connectivity index (χ1n) is 7.81. The molecule has 5 heteroatoms. The Kier molecular flexibility index (Phi) is 5.67. The Hall–Kier alpha value is -1.85. The van der Waals surface area contributed by atoms with Crippen LogP contribution in [0.25, 0.3) is 0 Å². The molecule has 2 rings (SSSR count). The van der Waals surface area contributed by atoms with Crippen molar-refractivity contribution in [2.75, 3.05) is 13.7 Å². The summed E-state index contributed by atoms with van der Waals surface area (Å²) in [5, 5.41) is 0. The second-order valence-electron chi connectivity index (χ2n) is 6.72. The fourth-order valence-corrected chi connectivity index (χ4v) is 3.44. The molecule has 0 aromatic heterocycles. The van der Waals surface area contributed by atoms with Gasteiger partial charge in [-0.15, -0.1) is 0 Å². The average Bonchev–Trinajstić information content (AvgIpc) is 2.54. The van der Waals surface area contributed by atoms with Crippen LogP contribution >= 0.6 is 0 Å². The topological polar surface area (TPSA) is 52.6 Å². The van der Waals surface area contributed by atoms with Gasteiger partial charge in [0.05, 0.1) is 18.6 Å². The number of rotatable bonds is 7. The molecule has 0 N–H and O–H groups in total. The van der Waals surface area contributed by atoms with E-state index < -0.39 is 10.1 Å². The van der Waals surface area contributed by atoms with Gasteiger partial charge in [-0.05, 0) is 48.6 Å². The monoisotopic (exact) mass is 348 g/mol. The molecule has 0 bridgehead atoms. The fraction of sp³-hybridized carbons (Fsp3) is 0.368. The Morgan fingerprint density at radius 3 is 2.08 bits per heavy atom. The molecule has 0 aliphatic rings. The minimum Gasteiger partial charge on any atom is -0.497 e. The smallest absolute Gasteiger partial charge is 0.296 e. The van der Waals surface area contributed by atoms with E-state index in [4.69, 9.17) is 8.92 Å². The molecular formula is C19H24O4S. The van der Waals surface area contributed by atoms with Gasteiger partial charge in [0.15, 0.2) is 0 Å². The van der Waals surface area contributed by atoms with Gasteiger partial charge in [0.25, 0.3) is 10.1 Å². The number of benzene rings is 2. The molecule has 4 nitrogen and oxygen atoms in total. The van der Waals surface area contributed by atoms with Gasteiger partial charge < -0.3 is 4.74 Å². The summed E-state index contributed by atoms with van der Waals surface area (Å²) in [6, 6.07) is 14.4. The van der Waals surface area contributed by atoms with E-state index in [1.54, 1.807) is 31.4 Å². The molecule has 24 heavy (non-hydrogen) atoms. The lowest BCUT2D eigenvalue weighted by Gasteiger charge is -2.24. The third-order valence-corrected chi connectivity index (χ3v) is 5.03. The predicted molar refractivity (Wildman–Crippen MR) is 94.8 cm³/mol. The van der Waals surface area contributed by atoms with Crippen LogP contribution < -0.4 is 4.74 Å². The lowest BCUT2D eigenvalue weighted by Crippen LogP contribution is -2.24. The van der Waals surface area contributed by atoms with Crippen LogP contribution in [0, 0.1) is 12.3 Å². The first kappa shape index (κ1) is 18.5. The van der Waals surface area contributed by atoms with E-state index in [0.717, 1.165) is 16.9 Å². The van der Waals surface area contributed by atoms with Crippen LogP contribution in [0.2, 0.25) is 0 Å². The Morgan fingerprint density at radius 1 is 0.958 bits per heavy atom. The minimum atomic E-state index is -3.73. The fourth-order valence-electron chi connectivity index (χ4n) is 2.36. The zero-order chi connectivity index (χ0) is 17.8. The molecule has 0 fully saturated rings. The van der Waals surface area contributed by atoms with Crippen molar-refractivity contribution >= 4 is 10.1 Å². The molecule has 0 atom stereocenters. The zero-order valence-corrected chi connectivity index (χ0v) is 15.4. The normalized spacial score (nSPS) is 12.2. The molecule has 0 heterocycles. The second-order valence-corrected chi connectivity index (χ2v) is 8.33. The maximum Gasteiger partial charge on any atom is 0.296 e. The van der Waals surface area contributed by atoms with Crippen molar-refractivity contribution in [3.63, 3.8) is 0 Å². The van der Waals surface area contributed by atoms with Crippen molar-refractivity contribution in [1.82, 2.24) is 0 Å². The summed E-state index contributed by atoms with van der Waals surface area (Å²) in [6.07, 6.45) is 0.709. The third-order valence-electron chi connectivity index (χ3n) is 3.76. The Labute approximate surface area is 144 Å². The number of ether oxygens (including phenoxy) is 1. The van der Waals surface area contributed by atoms with Crippen molar-refractivity contribution in [3.05, 3.63) is 59.7 Å². The Bertz CT molecular complexity index is 760. The molecule has 0 aliphatic heterocycles. The van der Waals surface area contributed by atoms with E-state index in [-0.39, 0.29) is 16.9 Å². The van der Waals surface area contributed by atoms with Crippen molar-refractivity contribution < 1.29 is 17.3 Å². The molecule has 0 unspecified atom stereocenters. The van der Waals surface area contributed by atoms with Crippen LogP contribution in [-0.4, -0.2) is 22.1 Å². The lowest BCUT2D eigenvalue weighted by atomic mass is 9.87. The summed E-state index contributed by atoms with van der Waals surface area (Å²) >= 11 is 0. The standard InChI is InChI=1S/C19H24O4S/c1-15-5-11-18(12-6-15)24(20,21)23-14-19(2,3)13-16-7-9-17(22-4)10-8-16/h5-12H,13-14H2,1-4H3. The highest BCUT2D eigenvalue weighted by Crippen LogP contribution is 2.25. The summed E-state index contributed by atoms with van der Waals surface area (Å²) in [4.78, 5) is 0.188. The van der Waals surface area contributed by atoms with Gasteiger partial charge in [-0.2, -0.15) is 8.42 Å². The van der Waals surface area contributed by atoms with E-state index in [2.05, 4.69) is 0 Å². The van der Waals surface area contributed by atoms with Gasteiger partial charge in [-0.1, -0.05) is 43.7 Å². The van der Waals surface area contributed by atoms with Crippen LogP contribution in [0.4, 0.5) is 0 Å². The van der Waals surface area contributed by atoms with E-state index in [1.807, 2.05) is 45.0 Å². The molecule has 2 aromatic carbocycles. The van der Waals surface area contributed by atoms with Gasteiger partial charge >= 0.3 is 0 Å². The highest BCUT2D eigenvalue weighted by Gasteiger charge is 2.24. The summed E-state index contributed by atoms with van der Waals surface area (Å²) in [5.41, 5.74) is 1.80. The third kappa shape index (κ3) is 5.08. The van der Waals surface area contributed by atoms with E-state index >= 15 is 0 Å². The van der Waals surface area contributed by atoms with Gasteiger partial charge in [-0.3, -0.25) is 4.18 Å². The molecular weight excluding hydrogens is 324 g/mol. The Balaban J connectivity index is 2.01. The molecule has 2 aromatic rings. The van der Waals surface area contributed by atoms with E-state index in [0.29, 0.717) is 6.42 Å². The van der Waals surface area contributed by atoms with Crippen molar-refractivity contribution in [2.45, 2.75) is 32.1 Å². The highest BCUT2D eigenvalue weighted by atomic mass is 32.2. The summed E-state index contributed by atoms with van der Waals surface area (Å²) in [7, 11) is -2.11. The molecule has 0 saturated carbocycles. The molecule has 0 aliphatic carbocycles. The van der Waals surface area contributed by atoms with Gasteiger partial charge in [0, 0.05) is 0 Å². The highest BCUT2D eigenvalue weighted by molar-refractivity contribution is 7.86. The molecule has 0 amide bonds. The van der Waals surface area contributed by atoms with Crippen molar-refractivity contribution in [2.24, 2.45) is 5.41 Å². The van der Waals surface area contributed by atoms with Crippen LogP contribution in [0.1, 0.15) is 25.0 Å².